The molecule has 29 heavy (non-hydrogen) atoms. The van der Waals surface area contributed by atoms with Gasteiger partial charge < -0.3 is 20.5 Å². The van der Waals surface area contributed by atoms with Gasteiger partial charge in [0.1, 0.15) is 29.5 Å². The maximum absolute atomic E-state index is 8.82. The Labute approximate surface area is 167 Å². The lowest BCUT2D eigenvalue weighted by atomic mass is 9.90. The number of hydrogen-bond acceptors (Lipinski definition) is 8. The van der Waals surface area contributed by atoms with Gasteiger partial charge in [-0.3, -0.25) is 5.10 Å². The molecule has 0 spiro atoms. The summed E-state index contributed by atoms with van der Waals surface area (Å²) < 4.78 is 11.8. The Morgan fingerprint density at radius 2 is 1.97 bits per heavy atom. The Morgan fingerprint density at radius 1 is 1.17 bits per heavy atom. The molecule has 0 bridgehead atoms. The summed E-state index contributed by atoms with van der Waals surface area (Å²) in [5, 5.41) is 19.2. The van der Waals surface area contributed by atoms with Crippen molar-refractivity contribution in [3.63, 3.8) is 0 Å². The van der Waals surface area contributed by atoms with Crippen LogP contribution in [0.4, 0.5) is 11.6 Å². The maximum atomic E-state index is 8.82. The van der Waals surface area contributed by atoms with Gasteiger partial charge in [0.25, 0.3) is 0 Å². The number of nitriles is 1. The number of nitrogens with one attached hydrogen (secondary N) is 2. The third kappa shape index (κ3) is 3.97. The zero-order valence-electron chi connectivity index (χ0n) is 16.1. The summed E-state index contributed by atoms with van der Waals surface area (Å²) in [5.41, 5.74) is 8.72. The number of nitrogens with two attached hydrogens (primary N) is 1. The fourth-order valence-corrected chi connectivity index (χ4v) is 3.22. The summed E-state index contributed by atoms with van der Waals surface area (Å²) >= 11 is 0. The first-order chi connectivity index (χ1) is 14.1. The van der Waals surface area contributed by atoms with Crippen LogP contribution in [0.5, 0.6) is 11.5 Å². The molecule has 2 heterocycles. The van der Waals surface area contributed by atoms with E-state index in [1.807, 2.05) is 31.2 Å². The average molecular weight is 391 g/mol. The van der Waals surface area contributed by atoms with Gasteiger partial charge in [-0.05, 0) is 37.5 Å². The van der Waals surface area contributed by atoms with E-state index in [-0.39, 0.29) is 17.8 Å². The van der Waals surface area contributed by atoms with E-state index in [0.29, 0.717) is 17.4 Å². The Balaban J connectivity index is 1.62. The van der Waals surface area contributed by atoms with Crippen LogP contribution in [-0.4, -0.2) is 39.4 Å². The molecule has 0 unspecified atom stereocenters. The van der Waals surface area contributed by atoms with Crippen LogP contribution in [0.25, 0.3) is 11.3 Å². The van der Waals surface area contributed by atoms with E-state index in [1.165, 1.54) is 12.4 Å². The highest BCUT2D eigenvalue weighted by molar-refractivity contribution is 5.77. The molecule has 9 heteroatoms. The first-order valence-electron chi connectivity index (χ1n) is 9.21. The third-order valence-electron chi connectivity index (χ3n) is 4.72. The van der Waals surface area contributed by atoms with E-state index < -0.39 is 0 Å². The fraction of sp³-hybridized carbons (Fsp3) is 0.300. The van der Waals surface area contributed by atoms with Crippen LogP contribution in [0.1, 0.15) is 24.1 Å². The molecular formula is C20H21N7O2. The van der Waals surface area contributed by atoms with Crippen molar-refractivity contribution in [2.75, 3.05) is 12.4 Å². The van der Waals surface area contributed by atoms with Crippen LogP contribution in [0.2, 0.25) is 0 Å². The van der Waals surface area contributed by atoms with Crippen molar-refractivity contribution in [3.05, 3.63) is 41.9 Å². The fourth-order valence-electron chi connectivity index (χ4n) is 3.22. The molecule has 0 amide bonds. The lowest BCUT2D eigenvalue weighted by Crippen LogP contribution is -2.43. The van der Waals surface area contributed by atoms with Gasteiger partial charge in [-0.2, -0.15) is 10.4 Å². The number of H-pyrrole nitrogens is 1. The van der Waals surface area contributed by atoms with Crippen molar-refractivity contribution >= 4 is 11.6 Å². The quantitative estimate of drug-likeness (QED) is 0.584. The van der Waals surface area contributed by atoms with E-state index in [4.69, 9.17) is 20.5 Å². The van der Waals surface area contributed by atoms with Gasteiger partial charge in [0, 0.05) is 12.1 Å². The molecule has 2 aromatic heterocycles. The van der Waals surface area contributed by atoms with Crippen molar-refractivity contribution in [1.82, 2.24) is 20.2 Å². The molecule has 148 valence electrons. The number of benzene rings is 1. The number of aromatic nitrogens is 4. The van der Waals surface area contributed by atoms with Crippen molar-refractivity contribution in [1.29, 1.82) is 5.26 Å². The number of nitrogens with zero attached hydrogens (tertiary/aromatic N) is 4. The molecule has 1 saturated carbocycles. The summed E-state index contributed by atoms with van der Waals surface area (Å²) in [7, 11) is 1.63. The predicted octanol–water partition coefficient (Wildman–Crippen LogP) is 2.67. The van der Waals surface area contributed by atoms with Crippen molar-refractivity contribution < 1.29 is 9.47 Å². The van der Waals surface area contributed by atoms with Gasteiger partial charge in [-0.1, -0.05) is 0 Å². The summed E-state index contributed by atoms with van der Waals surface area (Å²) in [6.07, 6.45) is 4.65. The number of ether oxygens (including phenoxy) is 2. The zero-order valence-corrected chi connectivity index (χ0v) is 16.1. The second-order valence-electron chi connectivity index (χ2n) is 7.00. The lowest BCUT2D eigenvalue weighted by molar-refractivity contribution is 0.101. The van der Waals surface area contributed by atoms with Crippen molar-refractivity contribution in [3.8, 4) is 28.8 Å². The molecule has 1 aliphatic rings. The number of anilines is 2. The van der Waals surface area contributed by atoms with Gasteiger partial charge in [0.05, 0.1) is 30.8 Å². The van der Waals surface area contributed by atoms with Gasteiger partial charge >= 0.3 is 0 Å². The second kappa shape index (κ2) is 7.77. The number of aromatic amines is 1. The summed E-state index contributed by atoms with van der Waals surface area (Å²) in [4.78, 5) is 8.13. The van der Waals surface area contributed by atoms with Crippen LogP contribution in [-0.2, 0) is 0 Å². The normalized spacial score (nSPS) is 17.9. The number of hydrogen-bond donors (Lipinski definition) is 3. The molecule has 3 aromatic rings. The predicted molar refractivity (Wildman–Crippen MR) is 107 cm³/mol. The van der Waals surface area contributed by atoms with Crippen LogP contribution in [0.15, 0.2) is 30.6 Å². The van der Waals surface area contributed by atoms with Crippen LogP contribution in [0.3, 0.4) is 0 Å². The second-order valence-corrected chi connectivity index (χ2v) is 7.00. The highest BCUT2D eigenvalue weighted by Gasteiger charge is 2.29. The Morgan fingerprint density at radius 3 is 2.62 bits per heavy atom. The van der Waals surface area contributed by atoms with E-state index >= 15 is 0 Å². The Hall–Kier alpha value is -3.64. The maximum Gasteiger partial charge on any atom is 0.158 e. The molecule has 4 N–H and O–H groups in total. The highest BCUT2D eigenvalue weighted by atomic mass is 16.5. The van der Waals surface area contributed by atoms with Crippen molar-refractivity contribution in [2.24, 2.45) is 5.73 Å². The molecule has 4 rings (SSSR count). The van der Waals surface area contributed by atoms with Gasteiger partial charge in [-0.25, -0.2) is 9.97 Å². The smallest absolute Gasteiger partial charge is 0.158 e. The number of aryl methyl sites for hydroxylation is 1. The monoisotopic (exact) mass is 391 g/mol. The lowest BCUT2D eigenvalue weighted by Gasteiger charge is -2.33. The van der Waals surface area contributed by atoms with Crippen LogP contribution in [0, 0.1) is 18.3 Å². The topological polar surface area (TPSA) is 135 Å². The number of rotatable bonds is 6. The summed E-state index contributed by atoms with van der Waals surface area (Å²) in [6.45, 7) is 2.00. The van der Waals surface area contributed by atoms with E-state index in [0.717, 1.165) is 35.4 Å². The first kappa shape index (κ1) is 18.7. The molecule has 9 nitrogen and oxygen atoms in total. The molecule has 0 radical (unpaired) electrons. The molecule has 1 aromatic carbocycles. The molecule has 0 aliphatic heterocycles. The third-order valence-corrected chi connectivity index (χ3v) is 4.72. The zero-order chi connectivity index (χ0) is 20.4. The molecule has 0 saturated heterocycles. The SMILES string of the molecule is COc1cc(C)cc(OC2CC(N)C2)c1-c1cc(Nc2cnc(C#N)cn2)n[nH]1. The van der Waals surface area contributed by atoms with Crippen LogP contribution < -0.4 is 20.5 Å². The Kier molecular flexibility index (Phi) is 5.01. The van der Waals surface area contributed by atoms with Crippen molar-refractivity contribution in [2.45, 2.75) is 31.9 Å². The van der Waals surface area contributed by atoms with E-state index in [9.17, 15) is 0 Å². The average Bonchev–Trinajstić information content (AvgIpc) is 3.14. The summed E-state index contributed by atoms with van der Waals surface area (Å²) in [6, 6.07) is 7.92. The standard InChI is InChI=1S/C20H21N7O2/c1-11-3-16(28-2)20(17(4-11)29-14-5-12(22)6-14)15-7-18(27-26-15)25-19-10-23-13(8-21)9-24-19/h3-4,7,9-10,12,14H,5-6,22H2,1-2H3,(H2,24,25,26,27). The molecular weight excluding hydrogens is 370 g/mol. The Bertz CT molecular complexity index is 1050. The molecule has 0 atom stereocenters. The summed E-state index contributed by atoms with van der Waals surface area (Å²) in [5.74, 6) is 2.46. The molecule has 1 aliphatic carbocycles. The minimum Gasteiger partial charge on any atom is -0.496 e. The minimum absolute atomic E-state index is 0.102. The highest BCUT2D eigenvalue weighted by Crippen LogP contribution is 2.41. The van der Waals surface area contributed by atoms with E-state index in [2.05, 4.69) is 25.5 Å². The van der Waals surface area contributed by atoms with E-state index in [1.54, 1.807) is 7.11 Å². The number of methoxy groups -OCH3 is 1. The first-order valence-corrected chi connectivity index (χ1v) is 9.21. The molecule has 1 fully saturated rings. The van der Waals surface area contributed by atoms with Crippen LogP contribution >= 0.6 is 0 Å². The largest absolute Gasteiger partial charge is 0.496 e. The van der Waals surface area contributed by atoms with Gasteiger partial charge in [0.15, 0.2) is 11.5 Å². The van der Waals surface area contributed by atoms with Gasteiger partial charge in [-0.15, -0.1) is 0 Å². The minimum atomic E-state index is 0.102. The van der Waals surface area contributed by atoms with Gasteiger partial charge in [0.2, 0.25) is 0 Å².